The van der Waals surface area contributed by atoms with E-state index in [0.717, 1.165) is 19.5 Å². The van der Waals surface area contributed by atoms with Crippen LogP contribution in [0.15, 0.2) is 22.9 Å². The monoisotopic (exact) mass is 362 g/mol. The number of nitrogens with zero attached hydrogens (tertiary/aromatic N) is 6. The van der Waals surface area contributed by atoms with Crippen molar-refractivity contribution in [1.29, 1.82) is 0 Å². The Bertz CT molecular complexity index is 752. The lowest BCUT2D eigenvalue weighted by Gasteiger charge is -2.21. The van der Waals surface area contributed by atoms with Crippen molar-refractivity contribution in [2.45, 2.75) is 26.0 Å². The Kier molecular flexibility index (Phi) is 5.74. The van der Waals surface area contributed by atoms with Crippen molar-refractivity contribution in [3.05, 3.63) is 40.2 Å². The molecule has 0 saturated carbocycles. The van der Waals surface area contributed by atoms with Crippen LogP contribution in [-0.2, 0) is 11.3 Å². The smallest absolute Gasteiger partial charge is 0.311 e. The summed E-state index contributed by atoms with van der Waals surface area (Å²) in [7, 11) is 1.60. The van der Waals surface area contributed by atoms with Gasteiger partial charge >= 0.3 is 5.69 Å². The third-order valence-corrected chi connectivity index (χ3v) is 4.41. The summed E-state index contributed by atoms with van der Waals surface area (Å²) in [5.41, 5.74) is 0.0380. The second kappa shape index (κ2) is 8.19. The first kappa shape index (κ1) is 18.2. The van der Waals surface area contributed by atoms with Crippen LogP contribution in [0.25, 0.3) is 0 Å². The largest absolute Gasteiger partial charge is 0.374 e. The van der Waals surface area contributed by atoms with Crippen LogP contribution in [0.4, 0.5) is 11.5 Å². The van der Waals surface area contributed by atoms with Gasteiger partial charge in [-0.05, 0) is 19.4 Å². The highest BCUT2D eigenvalue weighted by atomic mass is 16.6. The van der Waals surface area contributed by atoms with Gasteiger partial charge in [-0.25, -0.2) is 4.98 Å². The number of ether oxygens (including phenoxy) is 1. The third kappa shape index (κ3) is 4.14. The van der Waals surface area contributed by atoms with E-state index in [1.54, 1.807) is 19.4 Å². The molecule has 1 atom stereocenters. The molecular weight excluding hydrogens is 340 g/mol. The van der Waals surface area contributed by atoms with E-state index in [-0.39, 0.29) is 16.7 Å². The van der Waals surface area contributed by atoms with Crippen LogP contribution >= 0.6 is 0 Å². The van der Waals surface area contributed by atoms with Gasteiger partial charge in [0.15, 0.2) is 5.82 Å². The average Bonchev–Trinajstić information content (AvgIpc) is 2.99. The van der Waals surface area contributed by atoms with E-state index < -0.39 is 0 Å². The van der Waals surface area contributed by atoms with Crippen LogP contribution in [-0.4, -0.2) is 58.2 Å². The molecule has 2 aromatic heterocycles. The molecule has 26 heavy (non-hydrogen) atoms. The SMILES string of the molecule is COC(C)c1noc(CN2CCCN(c3ncccc3[N+](=O)[O-])CC2)n1. The zero-order valence-electron chi connectivity index (χ0n) is 14.9. The fourth-order valence-electron chi connectivity index (χ4n) is 2.91. The summed E-state index contributed by atoms with van der Waals surface area (Å²) in [6.07, 6.45) is 2.24. The maximum atomic E-state index is 11.2. The predicted molar refractivity (Wildman–Crippen MR) is 92.7 cm³/mol. The fraction of sp³-hybridized carbons (Fsp3) is 0.562. The van der Waals surface area contributed by atoms with Gasteiger partial charge in [0.2, 0.25) is 11.7 Å². The topological polar surface area (TPSA) is 111 Å². The molecule has 0 N–H and O–H groups in total. The van der Waals surface area contributed by atoms with Crippen LogP contribution in [0, 0.1) is 10.1 Å². The van der Waals surface area contributed by atoms with Gasteiger partial charge in [-0.1, -0.05) is 5.16 Å². The van der Waals surface area contributed by atoms with Gasteiger partial charge in [0.05, 0.1) is 11.5 Å². The van der Waals surface area contributed by atoms with E-state index in [2.05, 4.69) is 20.0 Å². The molecule has 1 unspecified atom stereocenters. The average molecular weight is 362 g/mol. The van der Waals surface area contributed by atoms with Crippen molar-refractivity contribution in [1.82, 2.24) is 20.0 Å². The molecule has 1 fully saturated rings. The van der Waals surface area contributed by atoms with Crippen molar-refractivity contribution >= 4 is 11.5 Å². The predicted octanol–water partition coefficient (Wildman–Crippen LogP) is 1.79. The van der Waals surface area contributed by atoms with Crippen LogP contribution in [0.5, 0.6) is 0 Å². The summed E-state index contributed by atoms with van der Waals surface area (Å²) >= 11 is 0. The summed E-state index contributed by atoms with van der Waals surface area (Å²) < 4.78 is 10.5. The van der Waals surface area contributed by atoms with Gasteiger partial charge < -0.3 is 14.2 Å². The number of pyridine rings is 1. The van der Waals surface area contributed by atoms with Gasteiger partial charge in [0, 0.05) is 45.6 Å². The van der Waals surface area contributed by atoms with Crippen molar-refractivity contribution < 1.29 is 14.2 Å². The molecule has 1 aliphatic rings. The lowest BCUT2D eigenvalue weighted by molar-refractivity contribution is -0.384. The molecule has 140 valence electrons. The Balaban J connectivity index is 1.64. The molecule has 3 rings (SSSR count). The molecule has 0 aromatic carbocycles. The molecule has 1 aliphatic heterocycles. The van der Waals surface area contributed by atoms with E-state index in [1.807, 2.05) is 11.8 Å². The van der Waals surface area contributed by atoms with Crippen molar-refractivity contribution in [2.75, 3.05) is 38.2 Å². The normalized spacial score (nSPS) is 17.1. The number of nitro groups is 1. The zero-order valence-corrected chi connectivity index (χ0v) is 14.9. The number of aromatic nitrogens is 3. The minimum atomic E-state index is -0.387. The van der Waals surface area contributed by atoms with Crippen molar-refractivity contribution in [2.24, 2.45) is 0 Å². The van der Waals surface area contributed by atoms with Crippen LogP contribution < -0.4 is 4.90 Å². The van der Waals surface area contributed by atoms with E-state index >= 15 is 0 Å². The number of rotatable bonds is 6. The molecule has 3 heterocycles. The lowest BCUT2D eigenvalue weighted by atomic mass is 10.3. The van der Waals surface area contributed by atoms with E-state index in [9.17, 15) is 10.1 Å². The highest BCUT2D eigenvalue weighted by Gasteiger charge is 2.24. The fourth-order valence-corrected chi connectivity index (χ4v) is 2.91. The molecule has 2 aromatic rings. The Morgan fingerprint density at radius 3 is 3.00 bits per heavy atom. The number of methoxy groups -OCH3 is 1. The highest BCUT2D eigenvalue weighted by Crippen LogP contribution is 2.26. The summed E-state index contributed by atoms with van der Waals surface area (Å²) in [6, 6.07) is 3.07. The third-order valence-electron chi connectivity index (χ3n) is 4.41. The van der Waals surface area contributed by atoms with Gasteiger partial charge in [-0.2, -0.15) is 4.98 Å². The molecule has 10 heteroatoms. The van der Waals surface area contributed by atoms with Crippen molar-refractivity contribution in [3.8, 4) is 0 Å². The summed E-state index contributed by atoms with van der Waals surface area (Å²) in [5.74, 6) is 1.50. The number of hydrogen-bond acceptors (Lipinski definition) is 9. The quantitative estimate of drug-likeness (QED) is 0.561. The molecule has 0 spiro atoms. The minimum Gasteiger partial charge on any atom is -0.374 e. The Labute approximate surface area is 150 Å². The second-order valence-corrected chi connectivity index (χ2v) is 6.14. The standard InChI is InChI=1S/C16H22N6O4/c1-12(25-2)15-18-14(26-19-15)11-20-7-4-8-21(10-9-20)16-13(22(23)24)5-3-6-17-16/h3,5-6,12H,4,7-11H2,1-2H3. The molecule has 1 saturated heterocycles. The van der Waals surface area contributed by atoms with Crippen molar-refractivity contribution in [3.63, 3.8) is 0 Å². The van der Waals surface area contributed by atoms with Gasteiger partial charge in [-0.3, -0.25) is 15.0 Å². The zero-order chi connectivity index (χ0) is 18.5. The number of hydrogen-bond donors (Lipinski definition) is 0. The maximum absolute atomic E-state index is 11.2. The Hall–Kier alpha value is -2.59. The van der Waals surface area contributed by atoms with Crippen LogP contribution in [0.3, 0.4) is 0 Å². The second-order valence-electron chi connectivity index (χ2n) is 6.14. The molecule has 0 radical (unpaired) electrons. The minimum absolute atomic E-state index is 0.0380. The number of anilines is 1. The maximum Gasteiger partial charge on any atom is 0.311 e. The molecule has 0 bridgehead atoms. The summed E-state index contributed by atoms with van der Waals surface area (Å²) in [4.78, 5) is 23.6. The van der Waals surface area contributed by atoms with Gasteiger partial charge in [0.1, 0.15) is 6.10 Å². The summed E-state index contributed by atoms with van der Waals surface area (Å²) in [5, 5.41) is 15.2. The molecule has 0 amide bonds. The first-order valence-electron chi connectivity index (χ1n) is 8.50. The van der Waals surface area contributed by atoms with E-state index in [4.69, 9.17) is 9.26 Å². The molecule has 10 nitrogen and oxygen atoms in total. The van der Waals surface area contributed by atoms with Gasteiger partial charge in [0.25, 0.3) is 0 Å². The highest BCUT2D eigenvalue weighted by molar-refractivity contribution is 5.57. The molecule has 0 aliphatic carbocycles. The van der Waals surface area contributed by atoms with E-state index in [1.165, 1.54) is 6.07 Å². The first-order valence-corrected chi connectivity index (χ1v) is 8.50. The lowest BCUT2D eigenvalue weighted by Crippen LogP contribution is -2.31. The van der Waals surface area contributed by atoms with Crippen LogP contribution in [0.2, 0.25) is 0 Å². The molecular formula is C16H22N6O4. The Morgan fingerprint density at radius 2 is 2.23 bits per heavy atom. The first-order chi connectivity index (χ1) is 12.6. The van der Waals surface area contributed by atoms with Crippen LogP contribution in [0.1, 0.15) is 31.2 Å². The van der Waals surface area contributed by atoms with E-state index in [0.29, 0.717) is 37.2 Å². The summed E-state index contributed by atoms with van der Waals surface area (Å²) in [6.45, 7) is 5.33. The van der Waals surface area contributed by atoms with Gasteiger partial charge in [-0.15, -0.1) is 0 Å². The Morgan fingerprint density at radius 1 is 1.38 bits per heavy atom.